The molecule has 2 aromatic rings. The van der Waals surface area contributed by atoms with E-state index in [4.69, 9.17) is 0 Å². The second-order valence-corrected chi connectivity index (χ2v) is 10.2. The minimum absolute atomic E-state index is 0.177. The first-order valence-corrected chi connectivity index (χ1v) is 11.4. The molecule has 4 rings (SSSR count). The summed E-state index contributed by atoms with van der Waals surface area (Å²) in [5.41, 5.74) is 2.52. The number of fused-ring (bicyclic) bond motifs is 2. The molecule has 6 nitrogen and oxygen atoms in total. The Morgan fingerprint density at radius 1 is 1.29 bits per heavy atom. The van der Waals surface area contributed by atoms with E-state index in [0.29, 0.717) is 36.3 Å². The number of carboxylic acids is 1. The number of hydrogen-bond donors (Lipinski definition) is 2. The van der Waals surface area contributed by atoms with Gasteiger partial charge in [0.05, 0.1) is 10.8 Å². The van der Waals surface area contributed by atoms with Crippen LogP contribution in [0.4, 0.5) is 0 Å². The van der Waals surface area contributed by atoms with Gasteiger partial charge < -0.3 is 5.11 Å². The smallest absolute Gasteiger partial charge is 0.306 e. The SMILES string of the molecule is CC(C)CNS(=O)(=O)c1c2c(cc3cnc(C4CC4)cc13)CCC(C(=O)O)C2. The Morgan fingerprint density at radius 3 is 2.68 bits per heavy atom. The Bertz CT molecular complexity index is 1040. The van der Waals surface area contributed by atoms with Crippen molar-refractivity contribution in [1.29, 1.82) is 0 Å². The number of benzene rings is 1. The molecule has 28 heavy (non-hydrogen) atoms. The summed E-state index contributed by atoms with van der Waals surface area (Å²) in [5, 5.41) is 11.0. The van der Waals surface area contributed by atoms with Crippen LogP contribution in [0.1, 0.15) is 55.8 Å². The summed E-state index contributed by atoms with van der Waals surface area (Å²) < 4.78 is 29.4. The molecular weight excluding hydrogens is 376 g/mol. The van der Waals surface area contributed by atoms with Gasteiger partial charge in [-0.2, -0.15) is 0 Å². The zero-order valence-electron chi connectivity index (χ0n) is 16.2. The molecule has 1 atom stereocenters. The van der Waals surface area contributed by atoms with Crippen molar-refractivity contribution in [2.24, 2.45) is 11.8 Å². The van der Waals surface area contributed by atoms with Crippen LogP contribution in [0.5, 0.6) is 0 Å². The van der Waals surface area contributed by atoms with Crippen molar-refractivity contribution in [2.45, 2.75) is 56.8 Å². The van der Waals surface area contributed by atoms with Crippen LogP contribution in [-0.2, 0) is 27.7 Å². The van der Waals surface area contributed by atoms with Gasteiger partial charge in [0.1, 0.15) is 0 Å². The van der Waals surface area contributed by atoms with Crippen molar-refractivity contribution in [3.63, 3.8) is 0 Å². The zero-order valence-corrected chi connectivity index (χ0v) is 17.1. The molecule has 1 saturated carbocycles. The van der Waals surface area contributed by atoms with Crippen molar-refractivity contribution >= 4 is 26.8 Å². The average molecular weight is 403 g/mol. The maximum absolute atomic E-state index is 13.3. The van der Waals surface area contributed by atoms with Gasteiger partial charge in [0.25, 0.3) is 0 Å². The van der Waals surface area contributed by atoms with Gasteiger partial charge in [0, 0.05) is 35.1 Å². The highest BCUT2D eigenvalue weighted by molar-refractivity contribution is 7.89. The van der Waals surface area contributed by atoms with Crippen molar-refractivity contribution in [2.75, 3.05) is 6.54 Å². The van der Waals surface area contributed by atoms with Gasteiger partial charge in [-0.3, -0.25) is 9.78 Å². The van der Waals surface area contributed by atoms with E-state index in [1.807, 2.05) is 26.0 Å². The van der Waals surface area contributed by atoms with E-state index in [1.165, 1.54) is 0 Å². The number of hydrogen-bond acceptors (Lipinski definition) is 4. The molecule has 0 saturated heterocycles. The fraction of sp³-hybridized carbons (Fsp3) is 0.524. The van der Waals surface area contributed by atoms with Crippen molar-refractivity contribution in [3.05, 3.63) is 35.2 Å². The summed E-state index contributed by atoms with van der Waals surface area (Å²) >= 11 is 0. The number of carboxylic acid groups (broad SMARTS) is 1. The summed E-state index contributed by atoms with van der Waals surface area (Å²) in [6.07, 6.45) is 5.28. The topological polar surface area (TPSA) is 96.4 Å². The lowest BCUT2D eigenvalue weighted by Crippen LogP contribution is -2.31. The van der Waals surface area contributed by atoms with Crippen LogP contribution in [0.2, 0.25) is 0 Å². The molecule has 150 valence electrons. The average Bonchev–Trinajstić information content (AvgIpc) is 3.48. The third-order valence-electron chi connectivity index (χ3n) is 5.70. The van der Waals surface area contributed by atoms with Crippen molar-refractivity contribution in [3.8, 4) is 0 Å². The molecule has 0 spiro atoms. The molecule has 1 aromatic carbocycles. The number of pyridine rings is 1. The third kappa shape index (κ3) is 3.65. The summed E-state index contributed by atoms with van der Waals surface area (Å²) in [6, 6.07) is 3.90. The molecule has 1 unspecified atom stereocenters. The third-order valence-corrected chi connectivity index (χ3v) is 7.25. The van der Waals surface area contributed by atoms with Gasteiger partial charge in [-0.15, -0.1) is 0 Å². The lowest BCUT2D eigenvalue weighted by Gasteiger charge is -2.26. The maximum Gasteiger partial charge on any atom is 0.306 e. The van der Waals surface area contributed by atoms with Crippen LogP contribution in [0.15, 0.2) is 23.2 Å². The lowest BCUT2D eigenvalue weighted by molar-refractivity contribution is -0.142. The Morgan fingerprint density at radius 2 is 2.04 bits per heavy atom. The van der Waals surface area contributed by atoms with E-state index < -0.39 is 21.9 Å². The van der Waals surface area contributed by atoms with E-state index in [0.717, 1.165) is 29.5 Å². The molecule has 2 N–H and O–H groups in total. The Labute approximate surface area is 165 Å². The van der Waals surface area contributed by atoms with Gasteiger partial charge >= 0.3 is 5.97 Å². The summed E-state index contributed by atoms with van der Waals surface area (Å²) in [6.45, 7) is 4.25. The summed E-state index contributed by atoms with van der Waals surface area (Å²) in [7, 11) is -3.77. The number of aliphatic carboxylic acids is 1. The highest BCUT2D eigenvalue weighted by Crippen LogP contribution is 2.42. The normalized spacial score (nSPS) is 19.8. The summed E-state index contributed by atoms with van der Waals surface area (Å²) in [4.78, 5) is 16.4. The first kappa shape index (κ1) is 19.3. The predicted molar refractivity (Wildman–Crippen MR) is 107 cm³/mol. The fourth-order valence-corrected chi connectivity index (χ4v) is 5.67. The van der Waals surface area contributed by atoms with Gasteiger partial charge in [0.15, 0.2) is 0 Å². The van der Waals surface area contributed by atoms with E-state index in [9.17, 15) is 18.3 Å². The number of aromatic nitrogens is 1. The largest absolute Gasteiger partial charge is 0.481 e. The number of nitrogens with one attached hydrogen (secondary N) is 1. The maximum atomic E-state index is 13.3. The molecule has 0 bridgehead atoms. The van der Waals surface area contributed by atoms with Crippen LogP contribution in [0, 0.1) is 11.8 Å². The van der Waals surface area contributed by atoms with E-state index in [1.54, 1.807) is 6.20 Å². The highest BCUT2D eigenvalue weighted by Gasteiger charge is 2.33. The van der Waals surface area contributed by atoms with Gasteiger partial charge in [-0.25, -0.2) is 13.1 Å². The van der Waals surface area contributed by atoms with Crippen molar-refractivity contribution in [1.82, 2.24) is 9.71 Å². The van der Waals surface area contributed by atoms with E-state index in [-0.39, 0.29) is 17.2 Å². The number of nitrogens with zero attached hydrogens (tertiary/aromatic N) is 1. The van der Waals surface area contributed by atoms with Gasteiger partial charge in [0.2, 0.25) is 10.0 Å². The summed E-state index contributed by atoms with van der Waals surface area (Å²) in [5.74, 6) is -0.825. The second kappa shape index (κ2) is 7.12. The molecular formula is C21H26N2O4S. The van der Waals surface area contributed by atoms with Crippen molar-refractivity contribution < 1.29 is 18.3 Å². The lowest BCUT2D eigenvalue weighted by atomic mass is 9.82. The quantitative estimate of drug-likeness (QED) is 0.773. The number of carbonyl (C=O) groups is 1. The molecule has 1 heterocycles. The number of rotatable bonds is 6. The first-order chi connectivity index (χ1) is 13.3. The Kier molecular flexibility index (Phi) is 4.91. The molecule has 1 fully saturated rings. The standard InChI is InChI=1S/C21H26N2O4S/c1-12(2)10-23-28(26,27)20-17-8-15(21(24)25)6-5-14(17)7-16-11-22-19(9-18(16)20)13-3-4-13/h7,9,11-13,15,23H,3-6,8,10H2,1-2H3,(H,24,25). The molecule has 0 amide bonds. The van der Waals surface area contributed by atoms with Crippen LogP contribution >= 0.6 is 0 Å². The first-order valence-electron chi connectivity index (χ1n) is 9.93. The van der Waals surface area contributed by atoms with Gasteiger partial charge in [-0.05, 0) is 61.3 Å². The molecule has 0 aliphatic heterocycles. The minimum Gasteiger partial charge on any atom is -0.481 e. The van der Waals surface area contributed by atoms with E-state index in [2.05, 4.69) is 9.71 Å². The fourth-order valence-electron chi connectivity index (χ4n) is 3.97. The van der Waals surface area contributed by atoms with E-state index >= 15 is 0 Å². The molecule has 2 aliphatic carbocycles. The van der Waals surface area contributed by atoms with Crippen LogP contribution in [0.25, 0.3) is 10.8 Å². The molecule has 1 aromatic heterocycles. The van der Waals surface area contributed by atoms with Gasteiger partial charge in [-0.1, -0.05) is 13.8 Å². The zero-order chi connectivity index (χ0) is 20.1. The Hall–Kier alpha value is -1.99. The monoisotopic (exact) mass is 402 g/mol. The number of aryl methyl sites for hydroxylation is 1. The molecule has 2 aliphatic rings. The van der Waals surface area contributed by atoms with Crippen LogP contribution in [-0.4, -0.2) is 31.0 Å². The van der Waals surface area contributed by atoms with Crippen LogP contribution in [0.3, 0.4) is 0 Å². The molecule has 0 radical (unpaired) electrons. The second-order valence-electron chi connectivity index (χ2n) is 8.47. The van der Waals surface area contributed by atoms with Crippen LogP contribution < -0.4 is 4.72 Å². The predicted octanol–water partition coefficient (Wildman–Crippen LogP) is 3.24. The Balaban J connectivity index is 1.92. The highest BCUT2D eigenvalue weighted by atomic mass is 32.2. The number of sulfonamides is 1. The molecule has 7 heteroatoms. The minimum atomic E-state index is -3.77.